The fourth-order valence-electron chi connectivity index (χ4n) is 2.00. The van der Waals surface area contributed by atoms with E-state index in [0.29, 0.717) is 0 Å². The second-order valence-corrected chi connectivity index (χ2v) is 6.01. The van der Waals surface area contributed by atoms with E-state index in [1.54, 1.807) is 0 Å². The Kier molecular flexibility index (Phi) is 3.31. The average Bonchev–Trinajstić information content (AvgIpc) is 2.39. The molecule has 0 spiro atoms. The van der Waals surface area contributed by atoms with Crippen LogP contribution in [0.2, 0.25) is 0 Å². The highest BCUT2D eigenvalue weighted by atomic mass is 79.9. The van der Waals surface area contributed by atoms with Crippen LogP contribution in [0.3, 0.4) is 0 Å². The van der Waals surface area contributed by atoms with Crippen LogP contribution in [0.25, 0.3) is 0 Å². The predicted molar refractivity (Wildman–Crippen MR) is 80.1 cm³/mol. The van der Waals surface area contributed by atoms with Gasteiger partial charge in [0.2, 0.25) is 0 Å². The fraction of sp³-hybridized carbons (Fsp3) is 0.143. The first-order valence-electron chi connectivity index (χ1n) is 5.68. The molecule has 2 aromatic carbocycles. The summed E-state index contributed by atoms with van der Waals surface area (Å²) in [4.78, 5) is 0. The molecule has 1 atom stereocenters. The summed E-state index contributed by atoms with van der Waals surface area (Å²) >= 11 is 6.90. The van der Waals surface area contributed by atoms with Crippen LogP contribution in [0.1, 0.15) is 11.7 Å². The van der Waals surface area contributed by atoms with Crippen LogP contribution in [0.15, 0.2) is 51.4 Å². The first kappa shape index (κ1) is 12.1. The second-order valence-electron chi connectivity index (χ2n) is 4.18. The van der Waals surface area contributed by atoms with Crippen LogP contribution in [-0.4, -0.2) is 6.54 Å². The van der Waals surface area contributed by atoms with E-state index < -0.39 is 0 Å². The van der Waals surface area contributed by atoms with Crippen LogP contribution in [0.5, 0.6) is 5.75 Å². The molecule has 0 aromatic heterocycles. The van der Waals surface area contributed by atoms with Gasteiger partial charge in [-0.05, 0) is 35.9 Å². The molecule has 0 saturated carbocycles. The summed E-state index contributed by atoms with van der Waals surface area (Å²) in [5.41, 5.74) is 2.22. The van der Waals surface area contributed by atoms with Crippen LogP contribution in [0, 0.1) is 0 Å². The third-order valence-corrected chi connectivity index (χ3v) is 3.95. The molecule has 4 heteroatoms. The highest BCUT2D eigenvalue weighted by Gasteiger charge is 2.20. The minimum Gasteiger partial charge on any atom is -0.482 e. The predicted octanol–water partition coefficient (Wildman–Crippen LogP) is 4.76. The summed E-state index contributed by atoms with van der Waals surface area (Å²) in [6, 6.07) is 14.3. The van der Waals surface area contributed by atoms with E-state index in [2.05, 4.69) is 49.3 Å². The number of benzene rings is 2. The Bertz CT molecular complexity index is 569. The molecule has 0 amide bonds. The smallest absolute Gasteiger partial charge is 0.143 e. The maximum atomic E-state index is 6.01. The number of anilines is 1. The second kappa shape index (κ2) is 4.94. The number of fused-ring (bicyclic) bond motifs is 1. The first-order valence-corrected chi connectivity index (χ1v) is 7.26. The fourth-order valence-corrected chi connectivity index (χ4v) is 2.63. The van der Waals surface area contributed by atoms with Crippen molar-refractivity contribution in [2.75, 3.05) is 11.9 Å². The summed E-state index contributed by atoms with van der Waals surface area (Å²) in [5, 5.41) is 3.40. The molecule has 1 aliphatic heterocycles. The lowest BCUT2D eigenvalue weighted by Gasteiger charge is -2.27. The first-order chi connectivity index (χ1) is 8.72. The zero-order chi connectivity index (χ0) is 12.5. The van der Waals surface area contributed by atoms with Crippen molar-refractivity contribution in [1.29, 1.82) is 0 Å². The summed E-state index contributed by atoms with van der Waals surface area (Å²) in [6.07, 6.45) is 0.0618. The van der Waals surface area contributed by atoms with Gasteiger partial charge in [-0.15, -0.1) is 0 Å². The Hall–Kier alpha value is -1.00. The van der Waals surface area contributed by atoms with Crippen LogP contribution in [-0.2, 0) is 0 Å². The van der Waals surface area contributed by atoms with Crippen molar-refractivity contribution in [2.45, 2.75) is 6.10 Å². The Balaban J connectivity index is 1.86. The summed E-state index contributed by atoms with van der Waals surface area (Å²) in [6.45, 7) is 0.783. The van der Waals surface area contributed by atoms with Gasteiger partial charge in [0.15, 0.2) is 0 Å². The number of hydrogen-bond acceptors (Lipinski definition) is 2. The summed E-state index contributed by atoms with van der Waals surface area (Å²) < 4.78 is 8.15. The molecule has 0 saturated heterocycles. The maximum absolute atomic E-state index is 6.01. The molecule has 1 unspecified atom stereocenters. The van der Waals surface area contributed by atoms with Gasteiger partial charge in [-0.1, -0.05) is 44.0 Å². The van der Waals surface area contributed by atoms with E-state index in [1.165, 1.54) is 5.56 Å². The molecule has 1 aliphatic rings. The minimum absolute atomic E-state index is 0.0618. The standard InChI is InChI=1S/C14H11Br2NO/c15-10-3-1-9(2-4-10)14-8-17-12-7-11(16)5-6-13(12)18-14/h1-7,14,17H,8H2. The van der Waals surface area contributed by atoms with Gasteiger partial charge >= 0.3 is 0 Å². The van der Waals surface area contributed by atoms with Crippen molar-refractivity contribution >= 4 is 37.5 Å². The van der Waals surface area contributed by atoms with Gasteiger partial charge in [0.1, 0.15) is 11.9 Å². The van der Waals surface area contributed by atoms with E-state index >= 15 is 0 Å². The largest absolute Gasteiger partial charge is 0.482 e. The molecule has 0 bridgehead atoms. The van der Waals surface area contributed by atoms with Crippen molar-refractivity contribution in [3.8, 4) is 5.75 Å². The molecular weight excluding hydrogens is 358 g/mol. The van der Waals surface area contributed by atoms with Crippen LogP contribution < -0.4 is 10.1 Å². The lowest BCUT2D eigenvalue weighted by molar-refractivity contribution is 0.210. The zero-order valence-corrected chi connectivity index (χ0v) is 12.7. The Morgan fingerprint density at radius 3 is 2.50 bits per heavy atom. The van der Waals surface area contributed by atoms with Gasteiger partial charge in [0.05, 0.1) is 12.2 Å². The third kappa shape index (κ3) is 2.40. The van der Waals surface area contributed by atoms with Gasteiger partial charge in [0.25, 0.3) is 0 Å². The van der Waals surface area contributed by atoms with Crippen molar-refractivity contribution in [3.05, 3.63) is 57.0 Å². The Morgan fingerprint density at radius 1 is 1.00 bits per heavy atom. The van der Waals surface area contributed by atoms with Gasteiger partial charge in [-0.25, -0.2) is 0 Å². The van der Waals surface area contributed by atoms with Gasteiger partial charge < -0.3 is 10.1 Å². The van der Waals surface area contributed by atoms with Crippen molar-refractivity contribution in [2.24, 2.45) is 0 Å². The molecule has 0 aliphatic carbocycles. The minimum atomic E-state index is 0.0618. The molecule has 2 aromatic rings. The number of nitrogens with one attached hydrogen (secondary N) is 1. The number of rotatable bonds is 1. The number of ether oxygens (including phenoxy) is 1. The maximum Gasteiger partial charge on any atom is 0.143 e. The Morgan fingerprint density at radius 2 is 1.72 bits per heavy atom. The van der Waals surface area contributed by atoms with Gasteiger partial charge in [-0.3, -0.25) is 0 Å². The van der Waals surface area contributed by atoms with E-state index in [-0.39, 0.29) is 6.10 Å². The lowest BCUT2D eigenvalue weighted by Crippen LogP contribution is -2.23. The molecule has 1 heterocycles. The van der Waals surface area contributed by atoms with Crippen molar-refractivity contribution < 1.29 is 4.74 Å². The lowest BCUT2D eigenvalue weighted by atomic mass is 10.1. The van der Waals surface area contributed by atoms with E-state index in [4.69, 9.17) is 4.74 Å². The highest BCUT2D eigenvalue weighted by molar-refractivity contribution is 9.10. The molecule has 0 radical (unpaired) electrons. The molecular formula is C14H11Br2NO. The normalized spacial score (nSPS) is 17.6. The quantitative estimate of drug-likeness (QED) is 0.783. The summed E-state index contributed by atoms with van der Waals surface area (Å²) in [7, 11) is 0. The van der Waals surface area contributed by atoms with Crippen molar-refractivity contribution in [1.82, 2.24) is 0 Å². The van der Waals surface area contributed by atoms with E-state index in [1.807, 2.05) is 30.3 Å². The van der Waals surface area contributed by atoms with Crippen LogP contribution in [0.4, 0.5) is 5.69 Å². The van der Waals surface area contributed by atoms with Gasteiger partial charge in [0, 0.05) is 8.95 Å². The Labute approximate surface area is 123 Å². The molecule has 1 N–H and O–H groups in total. The van der Waals surface area contributed by atoms with E-state index in [0.717, 1.165) is 26.9 Å². The third-order valence-electron chi connectivity index (χ3n) is 2.93. The average molecular weight is 369 g/mol. The number of hydrogen-bond donors (Lipinski definition) is 1. The molecule has 2 nitrogen and oxygen atoms in total. The van der Waals surface area contributed by atoms with E-state index in [9.17, 15) is 0 Å². The highest BCUT2D eigenvalue weighted by Crippen LogP contribution is 2.36. The topological polar surface area (TPSA) is 21.3 Å². The molecule has 18 heavy (non-hydrogen) atoms. The van der Waals surface area contributed by atoms with Crippen LogP contribution >= 0.6 is 31.9 Å². The molecule has 92 valence electrons. The zero-order valence-electron chi connectivity index (χ0n) is 9.49. The summed E-state index contributed by atoms with van der Waals surface area (Å²) in [5.74, 6) is 0.900. The molecule has 0 fully saturated rings. The number of halogens is 2. The molecule has 3 rings (SSSR count). The van der Waals surface area contributed by atoms with Gasteiger partial charge in [-0.2, -0.15) is 0 Å². The SMILES string of the molecule is Brc1ccc(C2CNc3cc(Br)ccc3O2)cc1. The monoisotopic (exact) mass is 367 g/mol. The van der Waals surface area contributed by atoms with Crippen molar-refractivity contribution in [3.63, 3.8) is 0 Å².